The van der Waals surface area contributed by atoms with Crippen LogP contribution >= 0.6 is 15.9 Å². The number of benzene rings is 3. The molecule has 0 radical (unpaired) electrons. The zero-order valence-electron chi connectivity index (χ0n) is 16.9. The predicted octanol–water partition coefficient (Wildman–Crippen LogP) is 6.12. The van der Waals surface area contributed by atoms with E-state index in [1.54, 1.807) is 42.5 Å². The van der Waals surface area contributed by atoms with Crippen LogP contribution in [0.5, 0.6) is 5.75 Å². The summed E-state index contributed by atoms with van der Waals surface area (Å²) >= 11 is 3.37. The van der Waals surface area contributed by atoms with Crippen LogP contribution in [0.25, 0.3) is 11.0 Å². The smallest absolute Gasteiger partial charge is 0.230 e. The fourth-order valence-electron chi connectivity index (χ4n) is 3.29. The highest BCUT2D eigenvalue weighted by Crippen LogP contribution is 2.32. The minimum Gasteiger partial charge on any atom is -0.494 e. The van der Waals surface area contributed by atoms with Gasteiger partial charge in [-0.15, -0.1) is 0 Å². The number of carbonyl (C=O) groups excluding carboxylic acids is 2. The van der Waals surface area contributed by atoms with Crippen LogP contribution in [0.1, 0.15) is 33.4 Å². The van der Waals surface area contributed by atoms with Crippen molar-refractivity contribution in [3.8, 4) is 5.75 Å². The van der Waals surface area contributed by atoms with Gasteiger partial charge in [0, 0.05) is 21.0 Å². The maximum Gasteiger partial charge on any atom is 0.230 e. The van der Waals surface area contributed by atoms with Crippen LogP contribution < -0.4 is 10.1 Å². The summed E-state index contributed by atoms with van der Waals surface area (Å²) in [6.45, 7) is 2.49. The van der Waals surface area contributed by atoms with Crippen molar-refractivity contribution in [2.75, 3.05) is 18.5 Å². The third-order valence-corrected chi connectivity index (χ3v) is 5.35. The summed E-state index contributed by atoms with van der Waals surface area (Å²) < 4.78 is 12.2. The molecule has 0 fully saturated rings. The third-order valence-electron chi connectivity index (χ3n) is 4.82. The molecule has 0 saturated heterocycles. The first-order valence-corrected chi connectivity index (χ1v) is 10.7. The normalized spacial score (nSPS) is 10.8. The quantitative estimate of drug-likeness (QED) is 0.309. The number of anilines is 1. The van der Waals surface area contributed by atoms with E-state index in [9.17, 15) is 9.59 Å². The number of ether oxygens (including phenoxy) is 1. The van der Waals surface area contributed by atoms with E-state index in [4.69, 9.17) is 9.15 Å². The molecule has 0 aliphatic rings. The summed E-state index contributed by atoms with van der Waals surface area (Å²) in [7, 11) is 0. The monoisotopic (exact) mass is 477 g/mol. The van der Waals surface area contributed by atoms with Gasteiger partial charge in [0.05, 0.1) is 18.8 Å². The number of hydrogen-bond donors (Lipinski definition) is 1. The number of ketones is 2. The van der Waals surface area contributed by atoms with Crippen LogP contribution in [-0.4, -0.2) is 24.7 Å². The highest BCUT2D eigenvalue weighted by atomic mass is 79.9. The summed E-state index contributed by atoms with van der Waals surface area (Å²) in [6, 6.07) is 21.4. The first kappa shape index (κ1) is 20.9. The number of hydrogen-bond acceptors (Lipinski definition) is 5. The molecule has 0 saturated carbocycles. The zero-order valence-corrected chi connectivity index (χ0v) is 18.4. The number of nitrogens with one attached hydrogen (secondary N) is 1. The van der Waals surface area contributed by atoms with E-state index in [1.807, 2.05) is 37.3 Å². The second kappa shape index (κ2) is 9.18. The summed E-state index contributed by atoms with van der Waals surface area (Å²) in [4.78, 5) is 25.8. The Hall–Kier alpha value is -3.38. The van der Waals surface area contributed by atoms with E-state index in [2.05, 4.69) is 21.2 Å². The van der Waals surface area contributed by atoms with Crippen LogP contribution in [0.3, 0.4) is 0 Å². The lowest BCUT2D eigenvalue weighted by Crippen LogP contribution is -2.15. The van der Waals surface area contributed by atoms with Gasteiger partial charge in [0.25, 0.3) is 0 Å². The minimum atomic E-state index is -0.266. The van der Waals surface area contributed by atoms with E-state index in [0.717, 1.165) is 9.86 Å². The molecule has 0 amide bonds. The Morgan fingerprint density at radius 1 is 0.935 bits per heavy atom. The first-order chi connectivity index (χ1) is 15.1. The van der Waals surface area contributed by atoms with Crippen molar-refractivity contribution in [2.45, 2.75) is 6.92 Å². The molecular formula is C25H20BrNO4. The molecule has 4 rings (SSSR count). The van der Waals surface area contributed by atoms with Crippen molar-refractivity contribution >= 4 is 44.2 Å². The van der Waals surface area contributed by atoms with Gasteiger partial charge in [-0.2, -0.15) is 0 Å². The van der Waals surface area contributed by atoms with Gasteiger partial charge in [0.2, 0.25) is 5.78 Å². The van der Waals surface area contributed by atoms with Crippen molar-refractivity contribution in [1.29, 1.82) is 0 Å². The van der Waals surface area contributed by atoms with Crippen molar-refractivity contribution in [3.05, 3.63) is 94.2 Å². The van der Waals surface area contributed by atoms with Crippen molar-refractivity contribution < 1.29 is 18.7 Å². The maximum absolute atomic E-state index is 13.2. The molecule has 0 bridgehead atoms. The topological polar surface area (TPSA) is 68.5 Å². The zero-order chi connectivity index (χ0) is 21.8. The van der Waals surface area contributed by atoms with E-state index >= 15 is 0 Å². The maximum atomic E-state index is 13.2. The van der Waals surface area contributed by atoms with E-state index in [0.29, 0.717) is 34.8 Å². The van der Waals surface area contributed by atoms with Gasteiger partial charge in [0.15, 0.2) is 11.5 Å². The van der Waals surface area contributed by atoms with Crippen LogP contribution in [-0.2, 0) is 0 Å². The Labute approximate surface area is 188 Å². The summed E-state index contributed by atoms with van der Waals surface area (Å²) in [6.07, 6.45) is 0. The molecule has 156 valence electrons. The molecule has 0 atom stereocenters. The molecule has 0 aliphatic heterocycles. The third kappa shape index (κ3) is 4.54. The molecule has 3 aromatic carbocycles. The molecule has 0 spiro atoms. The summed E-state index contributed by atoms with van der Waals surface area (Å²) in [5, 5.41) is 3.88. The van der Waals surface area contributed by atoms with Crippen LogP contribution in [0, 0.1) is 0 Å². The Morgan fingerprint density at radius 3 is 2.32 bits per heavy atom. The fraction of sp³-hybridized carbons (Fsp3) is 0.120. The van der Waals surface area contributed by atoms with Crippen LogP contribution in [0.4, 0.5) is 5.69 Å². The minimum absolute atomic E-state index is 0.0364. The van der Waals surface area contributed by atoms with Gasteiger partial charge in [-0.3, -0.25) is 9.59 Å². The molecule has 1 aromatic heterocycles. The Balaban J connectivity index is 1.63. The number of rotatable bonds is 8. The SMILES string of the molecule is CCOc1ccc(C(=O)c2oc3ccccc3c2NCC(=O)c2ccc(Br)cc2)cc1. The van der Waals surface area contributed by atoms with Crippen LogP contribution in [0.15, 0.2) is 81.7 Å². The summed E-state index contributed by atoms with van der Waals surface area (Å²) in [5.74, 6) is 0.520. The van der Waals surface area contributed by atoms with Gasteiger partial charge in [-0.25, -0.2) is 0 Å². The second-order valence-corrected chi connectivity index (χ2v) is 7.79. The number of fused-ring (bicyclic) bond motifs is 1. The molecule has 1 N–H and O–H groups in total. The van der Waals surface area contributed by atoms with Gasteiger partial charge < -0.3 is 14.5 Å². The van der Waals surface area contributed by atoms with E-state index < -0.39 is 0 Å². The van der Waals surface area contributed by atoms with Gasteiger partial charge in [-0.05, 0) is 55.5 Å². The lowest BCUT2D eigenvalue weighted by molar-refractivity contribution is 0.0997. The highest BCUT2D eigenvalue weighted by molar-refractivity contribution is 9.10. The van der Waals surface area contributed by atoms with Crippen molar-refractivity contribution in [3.63, 3.8) is 0 Å². The summed E-state index contributed by atoms with van der Waals surface area (Å²) in [5.41, 5.74) is 2.16. The number of carbonyl (C=O) groups is 2. The lowest BCUT2D eigenvalue weighted by atomic mass is 10.1. The number of furan rings is 1. The Kier molecular flexibility index (Phi) is 6.18. The van der Waals surface area contributed by atoms with Crippen molar-refractivity contribution in [2.24, 2.45) is 0 Å². The molecule has 5 nitrogen and oxygen atoms in total. The van der Waals surface area contributed by atoms with E-state index in [1.165, 1.54) is 0 Å². The molecule has 0 aliphatic carbocycles. The van der Waals surface area contributed by atoms with Gasteiger partial charge in [0.1, 0.15) is 11.3 Å². The molecule has 6 heteroatoms. The largest absolute Gasteiger partial charge is 0.494 e. The average Bonchev–Trinajstić information content (AvgIpc) is 3.17. The average molecular weight is 478 g/mol. The van der Waals surface area contributed by atoms with Crippen LogP contribution in [0.2, 0.25) is 0 Å². The standard InChI is InChI=1S/C25H20BrNO4/c1-2-30-19-13-9-17(10-14-19)24(29)25-23(20-5-3-4-6-22(20)31-25)27-15-21(28)16-7-11-18(26)12-8-16/h3-14,27H,2,15H2,1H3. The first-order valence-electron chi connectivity index (χ1n) is 9.88. The number of para-hydroxylation sites is 1. The molecule has 4 aromatic rings. The van der Waals surface area contributed by atoms with Gasteiger partial charge >= 0.3 is 0 Å². The number of Topliss-reactive ketones (excluding diaryl/α,β-unsaturated/α-hetero) is 1. The molecule has 1 heterocycles. The lowest BCUT2D eigenvalue weighted by Gasteiger charge is -2.08. The molecular weight excluding hydrogens is 458 g/mol. The predicted molar refractivity (Wildman–Crippen MR) is 124 cm³/mol. The van der Waals surface area contributed by atoms with E-state index in [-0.39, 0.29) is 23.9 Å². The second-order valence-electron chi connectivity index (χ2n) is 6.87. The molecule has 31 heavy (non-hydrogen) atoms. The molecule has 0 unspecified atom stereocenters. The van der Waals surface area contributed by atoms with Gasteiger partial charge in [-0.1, -0.05) is 40.2 Å². The Bertz CT molecular complexity index is 1230. The Morgan fingerprint density at radius 2 is 1.61 bits per heavy atom. The number of halogens is 1. The highest BCUT2D eigenvalue weighted by Gasteiger charge is 2.22. The fourth-order valence-corrected chi connectivity index (χ4v) is 3.55. The van der Waals surface area contributed by atoms with Crippen molar-refractivity contribution in [1.82, 2.24) is 0 Å².